The van der Waals surface area contributed by atoms with E-state index in [1.165, 1.54) is 0 Å². The van der Waals surface area contributed by atoms with E-state index in [-0.39, 0.29) is 6.03 Å². The average molecular weight is 253 g/mol. The molecule has 96 valence electrons. The quantitative estimate of drug-likeness (QED) is 0.640. The molecule has 0 atom stereocenters. The first-order chi connectivity index (χ1) is 9.25. The van der Waals surface area contributed by atoms with Gasteiger partial charge in [-0.1, -0.05) is 48.5 Å². The second-order valence-corrected chi connectivity index (χ2v) is 4.00. The van der Waals surface area contributed by atoms with Gasteiger partial charge in [-0.25, -0.2) is 10.2 Å². The number of carbonyl (C=O) groups excluding carboxylic acids is 1. The molecule has 4 heteroatoms. The molecule has 2 amide bonds. The van der Waals surface area contributed by atoms with Crippen molar-refractivity contribution in [3.8, 4) is 0 Å². The van der Waals surface area contributed by atoms with Crippen molar-refractivity contribution in [1.82, 2.24) is 5.43 Å². The van der Waals surface area contributed by atoms with Crippen LogP contribution in [0.5, 0.6) is 0 Å². The summed E-state index contributed by atoms with van der Waals surface area (Å²) in [5, 5.41) is 6.74. The standard InChI is InChI=1S/C15H15N3O/c1-12(13-8-4-2-5-9-13)17-18-15(19)16-14-10-6-3-7-11-14/h2-11H,1H3,(H2,16,18,19)/b17-12-. The van der Waals surface area contributed by atoms with Crippen LogP contribution in [0.15, 0.2) is 65.8 Å². The van der Waals surface area contributed by atoms with Gasteiger partial charge in [-0.3, -0.25) is 0 Å². The summed E-state index contributed by atoms with van der Waals surface area (Å²) in [7, 11) is 0. The fourth-order valence-electron chi connectivity index (χ4n) is 1.56. The summed E-state index contributed by atoms with van der Waals surface area (Å²) in [6.07, 6.45) is 0. The van der Waals surface area contributed by atoms with Crippen molar-refractivity contribution < 1.29 is 4.79 Å². The maximum Gasteiger partial charge on any atom is 0.339 e. The second-order valence-electron chi connectivity index (χ2n) is 4.00. The van der Waals surface area contributed by atoms with Crippen molar-refractivity contribution in [1.29, 1.82) is 0 Å². The molecule has 0 aromatic heterocycles. The summed E-state index contributed by atoms with van der Waals surface area (Å²) in [5.41, 5.74) is 4.92. The summed E-state index contributed by atoms with van der Waals surface area (Å²) in [6, 6.07) is 18.5. The van der Waals surface area contributed by atoms with E-state index in [0.29, 0.717) is 0 Å². The molecule has 0 spiro atoms. The molecule has 0 aliphatic heterocycles. The maximum absolute atomic E-state index is 11.6. The summed E-state index contributed by atoms with van der Waals surface area (Å²) in [4.78, 5) is 11.6. The van der Waals surface area contributed by atoms with Gasteiger partial charge in [0.15, 0.2) is 0 Å². The predicted molar refractivity (Wildman–Crippen MR) is 77.2 cm³/mol. The van der Waals surface area contributed by atoms with E-state index in [0.717, 1.165) is 17.0 Å². The molecule has 0 aliphatic rings. The fraction of sp³-hybridized carbons (Fsp3) is 0.0667. The van der Waals surface area contributed by atoms with Gasteiger partial charge in [-0.15, -0.1) is 0 Å². The normalized spacial score (nSPS) is 10.9. The summed E-state index contributed by atoms with van der Waals surface area (Å²) in [5.74, 6) is 0. The van der Waals surface area contributed by atoms with Gasteiger partial charge in [0.25, 0.3) is 0 Å². The lowest BCUT2D eigenvalue weighted by Crippen LogP contribution is -2.25. The minimum atomic E-state index is -0.360. The van der Waals surface area contributed by atoms with E-state index >= 15 is 0 Å². The maximum atomic E-state index is 11.6. The van der Waals surface area contributed by atoms with Crippen LogP contribution in [-0.2, 0) is 0 Å². The van der Waals surface area contributed by atoms with Gasteiger partial charge in [0.2, 0.25) is 0 Å². The third kappa shape index (κ3) is 3.96. The number of hydrazone groups is 1. The van der Waals surface area contributed by atoms with E-state index in [2.05, 4.69) is 15.8 Å². The molecule has 0 heterocycles. The Labute approximate surface area is 112 Å². The number of para-hydroxylation sites is 1. The largest absolute Gasteiger partial charge is 0.339 e. The number of benzene rings is 2. The Kier molecular flexibility index (Phi) is 4.29. The lowest BCUT2D eigenvalue weighted by molar-refractivity contribution is 0.252. The minimum Gasteiger partial charge on any atom is -0.307 e. The minimum absolute atomic E-state index is 0.360. The second kappa shape index (κ2) is 6.35. The van der Waals surface area contributed by atoms with E-state index in [1.54, 1.807) is 0 Å². The Morgan fingerprint density at radius 1 is 0.947 bits per heavy atom. The highest BCUT2D eigenvalue weighted by Gasteiger charge is 2.00. The first-order valence-corrected chi connectivity index (χ1v) is 5.97. The van der Waals surface area contributed by atoms with Crippen LogP contribution in [0.4, 0.5) is 10.5 Å². The van der Waals surface area contributed by atoms with Crippen molar-refractivity contribution in [3.63, 3.8) is 0 Å². The predicted octanol–water partition coefficient (Wildman–Crippen LogP) is 3.23. The Morgan fingerprint density at radius 2 is 1.53 bits per heavy atom. The molecule has 4 nitrogen and oxygen atoms in total. The molecule has 0 saturated carbocycles. The molecule has 0 fully saturated rings. The number of hydrogen-bond acceptors (Lipinski definition) is 2. The summed E-state index contributed by atoms with van der Waals surface area (Å²) < 4.78 is 0. The number of hydrogen-bond donors (Lipinski definition) is 2. The van der Waals surface area contributed by atoms with Crippen LogP contribution in [0, 0.1) is 0 Å². The number of urea groups is 1. The van der Waals surface area contributed by atoms with E-state index in [9.17, 15) is 4.79 Å². The Bertz CT molecular complexity index is 564. The van der Waals surface area contributed by atoms with Gasteiger partial charge in [-0.05, 0) is 24.6 Å². The van der Waals surface area contributed by atoms with Crippen LogP contribution in [0.3, 0.4) is 0 Å². The SMILES string of the molecule is C/C(=N/NC(=O)Nc1ccccc1)c1ccccc1. The molecule has 19 heavy (non-hydrogen) atoms. The average Bonchev–Trinajstić information content (AvgIpc) is 2.47. The van der Waals surface area contributed by atoms with E-state index in [4.69, 9.17) is 0 Å². The molecule has 2 aromatic carbocycles. The van der Waals surface area contributed by atoms with Crippen LogP contribution in [0.2, 0.25) is 0 Å². The highest BCUT2D eigenvalue weighted by Crippen LogP contribution is 2.04. The number of rotatable bonds is 3. The summed E-state index contributed by atoms with van der Waals surface area (Å²) in [6.45, 7) is 1.85. The lowest BCUT2D eigenvalue weighted by atomic mass is 10.1. The third-order valence-corrected chi connectivity index (χ3v) is 2.55. The van der Waals surface area contributed by atoms with Gasteiger partial charge >= 0.3 is 6.03 Å². The highest BCUT2D eigenvalue weighted by molar-refractivity contribution is 5.99. The van der Waals surface area contributed by atoms with Gasteiger partial charge in [0, 0.05) is 5.69 Å². The van der Waals surface area contributed by atoms with Crippen molar-refractivity contribution in [2.75, 3.05) is 5.32 Å². The topological polar surface area (TPSA) is 53.5 Å². The van der Waals surface area contributed by atoms with Crippen molar-refractivity contribution in [3.05, 3.63) is 66.2 Å². The van der Waals surface area contributed by atoms with E-state index < -0.39 is 0 Å². The van der Waals surface area contributed by atoms with Crippen LogP contribution >= 0.6 is 0 Å². The van der Waals surface area contributed by atoms with Crippen molar-refractivity contribution in [2.24, 2.45) is 5.10 Å². The first-order valence-electron chi connectivity index (χ1n) is 5.97. The molecule has 0 saturated heterocycles. The lowest BCUT2D eigenvalue weighted by Gasteiger charge is -2.05. The number of carbonyl (C=O) groups is 1. The fourth-order valence-corrected chi connectivity index (χ4v) is 1.56. The van der Waals surface area contributed by atoms with Crippen LogP contribution in [0.25, 0.3) is 0 Å². The number of amides is 2. The molecule has 0 aliphatic carbocycles. The number of nitrogens with one attached hydrogen (secondary N) is 2. The number of anilines is 1. The van der Waals surface area contributed by atoms with Crippen LogP contribution in [-0.4, -0.2) is 11.7 Å². The van der Waals surface area contributed by atoms with Crippen LogP contribution in [0.1, 0.15) is 12.5 Å². The van der Waals surface area contributed by atoms with Crippen molar-refractivity contribution >= 4 is 17.4 Å². The zero-order valence-electron chi connectivity index (χ0n) is 10.6. The zero-order valence-corrected chi connectivity index (χ0v) is 10.6. The Morgan fingerprint density at radius 3 is 2.16 bits per heavy atom. The molecule has 0 bridgehead atoms. The molecule has 2 aromatic rings. The van der Waals surface area contributed by atoms with Gasteiger partial charge < -0.3 is 5.32 Å². The molecular formula is C15H15N3O. The molecular weight excluding hydrogens is 238 g/mol. The molecule has 0 radical (unpaired) electrons. The van der Waals surface area contributed by atoms with Crippen LogP contribution < -0.4 is 10.7 Å². The van der Waals surface area contributed by atoms with Gasteiger partial charge in [0.1, 0.15) is 0 Å². The summed E-state index contributed by atoms with van der Waals surface area (Å²) >= 11 is 0. The molecule has 2 rings (SSSR count). The molecule has 0 unspecified atom stereocenters. The third-order valence-electron chi connectivity index (χ3n) is 2.55. The Balaban J connectivity index is 1.93. The smallest absolute Gasteiger partial charge is 0.307 e. The Hall–Kier alpha value is -2.62. The van der Waals surface area contributed by atoms with Gasteiger partial charge in [0.05, 0.1) is 5.71 Å². The van der Waals surface area contributed by atoms with Crippen molar-refractivity contribution in [2.45, 2.75) is 6.92 Å². The first kappa shape index (κ1) is 12.8. The monoisotopic (exact) mass is 253 g/mol. The van der Waals surface area contributed by atoms with E-state index in [1.807, 2.05) is 67.6 Å². The number of nitrogens with zero attached hydrogens (tertiary/aromatic N) is 1. The highest BCUT2D eigenvalue weighted by atomic mass is 16.2. The van der Waals surface area contributed by atoms with Gasteiger partial charge in [-0.2, -0.15) is 5.10 Å². The molecule has 2 N–H and O–H groups in total. The zero-order chi connectivity index (χ0) is 13.5.